The Morgan fingerprint density at radius 3 is 2.44 bits per heavy atom. The predicted octanol–water partition coefficient (Wildman–Crippen LogP) is 6.61. The summed E-state index contributed by atoms with van der Waals surface area (Å²) in [6.45, 7) is 6.08. The van der Waals surface area contributed by atoms with E-state index in [-0.39, 0.29) is 44.4 Å². The van der Waals surface area contributed by atoms with Crippen molar-refractivity contribution in [2.24, 2.45) is 15.4 Å². The predicted molar refractivity (Wildman–Crippen MR) is 205 cm³/mol. The van der Waals surface area contributed by atoms with Gasteiger partial charge in [0, 0.05) is 57.0 Å². The van der Waals surface area contributed by atoms with Crippen LogP contribution in [0.2, 0.25) is 0 Å². The Hall–Kier alpha value is -4.35. The number of phosphoric ester groups is 1. The molecule has 0 aliphatic rings. The van der Waals surface area contributed by atoms with Crippen molar-refractivity contribution < 1.29 is 47.6 Å². The second-order valence-electron chi connectivity index (χ2n) is 12.1. The van der Waals surface area contributed by atoms with Gasteiger partial charge >= 0.3 is 7.82 Å². The summed E-state index contributed by atoms with van der Waals surface area (Å²) in [6, 6.07) is 17.7. The summed E-state index contributed by atoms with van der Waals surface area (Å²) in [5.74, 6) is -0.0866. The molecule has 1 amide bonds. The van der Waals surface area contributed by atoms with Crippen LogP contribution >= 0.6 is 7.82 Å². The lowest BCUT2D eigenvalue weighted by Crippen LogP contribution is -2.27. The van der Waals surface area contributed by atoms with E-state index in [9.17, 15) is 24.4 Å². The monoisotopic (exact) mass is 774 g/mol. The number of benzene rings is 3. The molecule has 296 valence electrons. The molecule has 3 aromatic carbocycles. The lowest BCUT2D eigenvalue weighted by atomic mass is 10.1. The van der Waals surface area contributed by atoms with Crippen LogP contribution in [-0.4, -0.2) is 99.0 Å². The first-order valence-corrected chi connectivity index (χ1v) is 19.2. The highest BCUT2D eigenvalue weighted by Crippen LogP contribution is 2.44. The number of likely N-dealkylation sites (N-methyl/N-ethyl adjacent to an activating group) is 1. The van der Waals surface area contributed by atoms with E-state index in [2.05, 4.69) is 25.6 Å². The molecule has 0 aliphatic carbocycles. The molecule has 0 aromatic heterocycles. The molecule has 3 aromatic rings. The van der Waals surface area contributed by atoms with E-state index in [1.165, 1.54) is 13.2 Å². The number of nitrogens with one attached hydrogen (secondary N) is 1. The Morgan fingerprint density at radius 2 is 1.74 bits per heavy atom. The molecule has 3 N–H and O–H groups in total. The number of aliphatic hydroxyl groups is 1. The van der Waals surface area contributed by atoms with Crippen LogP contribution in [0.15, 0.2) is 76.0 Å². The molecule has 0 radical (unpaired) electrons. The first-order chi connectivity index (χ1) is 26.1. The van der Waals surface area contributed by atoms with Crippen molar-refractivity contribution in [3.8, 4) is 0 Å². The van der Waals surface area contributed by atoms with Crippen LogP contribution in [0.1, 0.15) is 46.0 Å². The zero-order valence-corrected chi connectivity index (χ0v) is 31.9. The number of rotatable bonds is 27. The number of aliphatic hydroxyl groups excluding tert-OH is 1. The number of carbonyl (C=O) groups is 1. The number of non-ortho nitro benzene ring substituents is 1. The van der Waals surface area contributed by atoms with Gasteiger partial charge in [0.1, 0.15) is 12.7 Å². The zero-order chi connectivity index (χ0) is 39.2. The van der Waals surface area contributed by atoms with Gasteiger partial charge in [0.15, 0.2) is 0 Å². The smallest absolute Gasteiger partial charge is 0.396 e. The summed E-state index contributed by atoms with van der Waals surface area (Å²) in [7, 11) is -2.88. The van der Waals surface area contributed by atoms with Crippen LogP contribution in [0.25, 0.3) is 10.8 Å². The quantitative estimate of drug-likeness (QED) is 0.0186. The molecular formula is C36H51N6O11P. The number of carbonyl (C=O) groups excluding carboxylic acids is 1. The maximum Gasteiger partial charge on any atom is 0.472 e. The number of hydrogen-bond donors (Lipinski definition) is 3. The fourth-order valence-corrected chi connectivity index (χ4v) is 6.06. The van der Waals surface area contributed by atoms with Crippen molar-refractivity contribution in [1.82, 2.24) is 5.32 Å². The fraction of sp³-hybridized carbons (Fsp3) is 0.500. The van der Waals surface area contributed by atoms with Gasteiger partial charge in [-0.3, -0.25) is 24.0 Å². The lowest BCUT2D eigenvalue weighted by molar-refractivity contribution is -0.383. The van der Waals surface area contributed by atoms with Crippen molar-refractivity contribution in [1.29, 1.82) is 0 Å². The minimum Gasteiger partial charge on any atom is -0.396 e. The Balaban J connectivity index is 1.31. The van der Waals surface area contributed by atoms with Gasteiger partial charge in [0.05, 0.1) is 53.8 Å². The second-order valence-corrected chi connectivity index (χ2v) is 13.5. The Morgan fingerprint density at radius 1 is 0.981 bits per heavy atom. The highest BCUT2D eigenvalue weighted by molar-refractivity contribution is 7.47. The minimum atomic E-state index is -4.31. The highest BCUT2D eigenvalue weighted by Gasteiger charge is 2.26. The maximum atomic E-state index is 12.2. The summed E-state index contributed by atoms with van der Waals surface area (Å²) in [6.07, 6.45) is 1.48. The molecule has 0 bridgehead atoms. The number of phosphoric acid groups is 1. The normalized spacial score (nSPS) is 13.5. The van der Waals surface area contributed by atoms with E-state index in [0.29, 0.717) is 74.1 Å². The van der Waals surface area contributed by atoms with Crippen molar-refractivity contribution in [3.63, 3.8) is 0 Å². The Labute approximate surface area is 315 Å². The van der Waals surface area contributed by atoms with Crippen LogP contribution in [0.5, 0.6) is 0 Å². The summed E-state index contributed by atoms with van der Waals surface area (Å²) in [5.41, 5.74) is 2.99. The van der Waals surface area contributed by atoms with Gasteiger partial charge in [0.25, 0.3) is 5.69 Å². The van der Waals surface area contributed by atoms with E-state index < -0.39 is 18.8 Å². The van der Waals surface area contributed by atoms with E-state index in [4.69, 9.17) is 28.5 Å². The van der Waals surface area contributed by atoms with Crippen molar-refractivity contribution in [2.75, 3.05) is 71.3 Å². The van der Waals surface area contributed by atoms with E-state index >= 15 is 0 Å². The first-order valence-electron chi connectivity index (χ1n) is 17.7. The number of oxime groups is 1. The van der Waals surface area contributed by atoms with Gasteiger partial charge in [-0.1, -0.05) is 23.4 Å². The van der Waals surface area contributed by atoms with Gasteiger partial charge in [-0.15, -0.1) is 5.11 Å². The Kier molecular flexibility index (Phi) is 19.7. The molecule has 0 heterocycles. The molecule has 17 nitrogen and oxygen atoms in total. The molecular weight excluding hydrogens is 723 g/mol. The van der Waals surface area contributed by atoms with Gasteiger partial charge in [-0.25, -0.2) is 4.57 Å². The maximum absolute atomic E-state index is 12.2. The number of anilines is 1. The standard InChI is InChI=1S/C36H51N6O11P/c1-4-41(30-16-14-29(15-17-30)38-39-34-18-19-35(42(45)46)33-12-6-5-11-32(33)34)21-25-51-40-28(2)10-7-13-36(44)37-20-8-23-50-27-31(26-49-3)53-54(47,48)52-24-9-22-43/h5-6,11-12,14-19,31,43H,4,7-10,13,20-27H2,1-3H3,(H,37,44)(H,47,48)/b39-38+,40-28+. The number of nitrogens with zero attached hydrogens (tertiary/aromatic N) is 5. The Bertz CT molecular complexity index is 1710. The van der Waals surface area contributed by atoms with Crippen LogP contribution in [0.4, 0.5) is 22.7 Å². The number of azo groups is 1. The van der Waals surface area contributed by atoms with Crippen LogP contribution in [0, 0.1) is 10.1 Å². The van der Waals surface area contributed by atoms with Crippen LogP contribution in [-0.2, 0) is 32.7 Å². The van der Waals surface area contributed by atoms with Crippen LogP contribution < -0.4 is 10.2 Å². The van der Waals surface area contributed by atoms with Crippen molar-refractivity contribution >= 4 is 53.0 Å². The zero-order valence-electron chi connectivity index (χ0n) is 31.0. The van der Waals surface area contributed by atoms with Crippen LogP contribution in [0.3, 0.4) is 0 Å². The lowest BCUT2D eigenvalue weighted by Gasteiger charge is -2.22. The van der Waals surface area contributed by atoms with Gasteiger partial charge < -0.3 is 34.5 Å². The fourth-order valence-electron chi connectivity index (χ4n) is 5.15. The third-order valence-electron chi connectivity index (χ3n) is 7.84. The third kappa shape index (κ3) is 15.9. The number of fused-ring (bicyclic) bond motifs is 1. The minimum absolute atomic E-state index is 0.000760. The number of nitro benzene ring substituents is 1. The molecule has 54 heavy (non-hydrogen) atoms. The summed E-state index contributed by atoms with van der Waals surface area (Å²) < 4.78 is 32.4. The topological polar surface area (TPSA) is 216 Å². The second kappa shape index (κ2) is 24.1. The van der Waals surface area contributed by atoms with Crippen molar-refractivity contribution in [2.45, 2.75) is 52.1 Å². The third-order valence-corrected chi connectivity index (χ3v) is 8.92. The first kappa shape index (κ1) is 44.0. The number of nitro groups is 1. The highest BCUT2D eigenvalue weighted by atomic mass is 31.2. The average Bonchev–Trinajstić information content (AvgIpc) is 3.15. The van der Waals surface area contributed by atoms with E-state index in [1.54, 1.807) is 24.3 Å². The molecule has 18 heteroatoms. The summed E-state index contributed by atoms with van der Waals surface area (Å²) in [5, 5.41) is 37.1. The molecule has 2 unspecified atom stereocenters. The van der Waals surface area contributed by atoms with E-state index in [0.717, 1.165) is 17.9 Å². The van der Waals surface area contributed by atoms with Gasteiger partial charge in [0.2, 0.25) is 5.91 Å². The molecule has 0 aliphatic heterocycles. The number of hydrogen-bond acceptors (Lipinski definition) is 14. The number of amides is 1. The molecule has 0 spiro atoms. The average molecular weight is 775 g/mol. The summed E-state index contributed by atoms with van der Waals surface area (Å²) >= 11 is 0. The number of methoxy groups -OCH3 is 1. The molecule has 2 atom stereocenters. The number of ether oxygens (including phenoxy) is 2. The van der Waals surface area contributed by atoms with Gasteiger partial charge in [-0.2, -0.15) is 5.11 Å². The molecule has 0 fully saturated rings. The largest absolute Gasteiger partial charge is 0.472 e. The van der Waals surface area contributed by atoms with Crippen molar-refractivity contribution in [3.05, 3.63) is 70.8 Å². The molecule has 0 saturated heterocycles. The SMILES string of the molecule is CCN(CCO/N=C(\C)CCCC(=O)NCCCOCC(COC)OP(=O)(O)OCCCO)c1ccc(/N=N/c2ccc([N+](=O)[O-])c3ccccc23)cc1. The van der Waals surface area contributed by atoms with Gasteiger partial charge in [-0.05, 0) is 75.9 Å². The molecule has 0 saturated carbocycles. The summed E-state index contributed by atoms with van der Waals surface area (Å²) in [4.78, 5) is 40.7. The van der Waals surface area contributed by atoms with E-state index in [1.807, 2.05) is 44.2 Å². The molecule has 3 rings (SSSR count).